The van der Waals surface area contributed by atoms with Crippen molar-refractivity contribution in [1.29, 1.82) is 0 Å². The van der Waals surface area contributed by atoms with Crippen molar-refractivity contribution < 1.29 is 9.67 Å². The summed E-state index contributed by atoms with van der Waals surface area (Å²) in [6.45, 7) is 0. The normalized spacial score (nSPS) is 10.8. The predicted molar refractivity (Wildman–Crippen MR) is 82.1 cm³/mol. The van der Waals surface area contributed by atoms with E-state index in [1.54, 1.807) is 29.1 Å². The first-order valence-corrected chi connectivity index (χ1v) is 6.61. The first-order chi connectivity index (χ1) is 10.1. The molecule has 3 rings (SSSR count). The Kier molecular flexibility index (Phi) is 3.10. The van der Waals surface area contributed by atoms with Gasteiger partial charge in [-0.15, -0.1) is 0 Å². The monoisotopic (exact) mass is 282 g/mol. The number of hydrogen-bond acceptors (Lipinski definition) is 3. The number of nitrogens with one attached hydrogen (secondary N) is 1. The summed E-state index contributed by atoms with van der Waals surface area (Å²) < 4.78 is 1.62. The average molecular weight is 282 g/mol. The van der Waals surface area contributed by atoms with Crippen LogP contribution in [0.4, 0.5) is 5.69 Å². The number of anilines is 1. The van der Waals surface area contributed by atoms with Crippen LogP contribution < -0.4 is 15.0 Å². The summed E-state index contributed by atoms with van der Waals surface area (Å²) in [5, 5.41) is 11.0. The molecule has 0 bridgehead atoms. The Morgan fingerprint density at radius 3 is 2.43 bits per heavy atom. The molecule has 2 N–H and O–H groups in total. The fraction of sp³-hybridized carbons (Fsp3) is 0.125. The van der Waals surface area contributed by atoms with Crippen molar-refractivity contribution in [2.45, 2.75) is 0 Å². The van der Waals surface area contributed by atoms with E-state index >= 15 is 0 Å². The summed E-state index contributed by atoms with van der Waals surface area (Å²) in [5.74, 6) is -0.0167. The van der Waals surface area contributed by atoms with Gasteiger partial charge in [0.05, 0.1) is 5.52 Å². The van der Waals surface area contributed by atoms with Gasteiger partial charge in [0.2, 0.25) is 5.75 Å². The number of aromatic amines is 1. The molecule has 0 aliphatic heterocycles. The fourth-order valence-electron chi connectivity index (χ4n) is 2.32. The van der Waals surface area contributed by atoms with E-state index in [-0.39, 0.29) is 17.0 Å². The van der Waals surface area contributed by atoms with Gasteiger partial charge in [0, 0.05) is 37.3 Å². The number of H-pyrrole nitrogens is 1. The SMILES string of the molecule is CN(C)c1cc[n+](-c2c(O)c3ccccc3[nH]c2=O)cc1. The van der Waals surface area contributed by atoms with Crippen LogP contribution in [0.15, 0.2) is 53.6 Å². The summed E-state index contributed by atoms with van der Waals surface area (Å²) in [6.07, 6.45) is 3.52. The van der Waals surface area contributed by atoms with Crippen molar-refractivity contribution >= 4 is 16.6 Å². The highest BCUT2D eigenvalue weighted by molar-refractivity contribution is 5.86. The summed E-state index contributed by atoms with van der Waals surface area (Å²) in [5.41, 5.74) is 1.53. The Balaban J connectivity index is 2.22. The molecule has 0 amide bonds. The largest absolute Gasteiger partial charge is 0.502 e. The van der Waals surface area contributed by atoms with Crippen LogP contribution in [-0.4, -0.2) is 24.2 Å². The molecule has 0 saturated carbocycles. The van der Waals surface area contributed by atoms with Gasteiger partial charge in [-0.3, -0.25) is 4.79 Å². The minimum atomic E-state index is -0.325. The zero-order chi connectivity index (χ0) is 15.0. The number of para-hydroxylation sites is 1. The number of benzene rings is 1. The van der Waals surface area contributed by atoms with Gasteiger partial charge in [0.15, 0.2) is 12.4 Å². The number of nitrogens with zero attached hydrogens (tertiary/aromatic N) is 2. The molecule has 0 spiro atoms. The maximum absolute atomic E-state index is 12.2. The number of fused-ring (bicyclic) bond motifs is 1. The fourth-order valence-corrected chi connectivity index (χ4v) is 2.32. The Morgan fingerprint density at radius 1 is 1.10 bits per heavy atom. The molecule has 5 nitrogen and oxygen atoms in total. The Hall–Kier alpha value is -2.82. The first-order valence-electron chi connectivity index (χ1n) is 6.61. The maximum atomic E-state index is 12.2. The zero-order valence-electron chi connectivity index (χ0n) is 11.9. The molecule has 3 aromatic rings. The lowest BCUT2D eigenvalue weighted by Crippen LogP contribution is -2.37. The number of hydrogen-bond donors (Lipinski definition) is 2. The smallest absolute Gasteiger partial charge is 0.325 e. The third kappa shape index (κ3) is 2.23. The molecule has 2 heterocycles. The molecule has 1 aromatic carbocycles. The third-order valence-electron chi connectivity index (χ3n) is 3.46. The van der Waals surface area contributed by atoms with E-state index in [1.165, 1.54) is 0 Å². The summed E-state index contributed by atoms with van der Waals surface area (Å²) in [6, 6.07) is 10.9. The van der Waals surface area contributed by atoms with Crippen molar-refractivity contribution in [1.82, 2.24) is 4.98 Å². The quantitative estimate of drug-likeness (QED) is 0.702. The highest BCUT2D eigenvalue weighted by atomic mass is 16.3. The minimum absolute atomic E-state index is 0.0167. The lowest BCUT2D eigenvalue weighted by Gasteiger charge is -2.10. The second kappa shape index (κ2) is 4.94. The molecule has 0 saturated heterocycles. The van der Waals surface area contributed by atoms with Gasteiger partial charge in [-0.1, -0.05) is 12.1 Å². The van der Waals surface area contributed by atoms with Gasteiger partial charge >= 0.3 is 11.2 Å². The van der Waals surface area contributed by atoms with E-state index in [9.17, 15) is 9.90 Å². The molecule has 5 heteroatoms. The number of aromatic hydroxyl groups is 1. The van der Waals surface area contributed by atoms with Crippen molar-refractivity contribution in [3.63, 3.8) is 0 Å². The predicted octanol–water partition coefficient (Wildman–Crippen LogP) is 1.58. The summed E-state index contributed by atoms with van der Waals surface area (Å²) >= 11 is 0. The highest BCUT2D eigenvalue weighted by Gasteiger charge is 2.20. The number of aromatic nitrogens is 2. The van der Waals surface area contributed by atoms with Crippen molar-refractivity contribution in [2.24, 2.45) is 0 Å². The van der Waals surface area contributed by atoms with Crippen LogP contribution in [0.2, 0.25) is 0 Å². The van der Waals surface area contributed by atoms with Crippen molar-refractivity contribution in [3.8, 4) is 11.4 Å². The standard InChI is InChI=1S/C16H15N3O2/c1-18(2)11-7-9-19(10-8-11)14-15(20)12-5-3-4-6-13(12)17-16(14)21/h3-10H,1-2H3,(H-,17,20,21)/p+1. The van der Waals surface area contributed by atoms with Gasteiger partial charge < -0.3 is 15.0 Å². The lowest BCUT2D eigenvalue weighted by molar-refractivity contribution is -0.597. The molecule has 0 atom stereocenters. The van der Waals surface area contributed by atoms with Crippen LogP contribution in [0, 0.1) is 0 Å². The maximum Gasteiger partial charge on any atom is 0.325 e. The second-order valence-electron chi connectivity index (χ2n) is 5.05. The van der Waals surface area contributed by atoms with E-state index in [2.05, 4.69) is 4.98 Å². The Morgan fingerprint density at radius 2 is 1.76 bits per heavy atom. The van der Waals surface area contributed by atoms with Gasteiger partial charge in [0.25, 0.3) is 0 Å². The van der Waals surface area contributed by atoms with Crippen molar-refractivity contribution in [3.05, 3.63) is 59.1 Å². The van der Waals surface area contributed by atoms with Crippen LogP contribution in [0.3, 0.4) is 0 Å². The van der Waals surface area contributed by atoms with Gasteiger partial charge in [-0.25, -0.2) is 0 Å². The molecule has 2 aromatic heterocycles. The first kappa shape index (κ1) is 13.2. The van der Waals surface area contributed by atoms with Gasteiger partial charge in [0.1, 0.15) is 0 Å². The summed E-state index contributed by atoms with van der Waals surface area (Å²) in [7, 11) is 3.89. The lowest BCUT2D eigenvalue weighted by atomic mass is 10.2. The Bertz CT molecular complexity index is 852. The van der Waals surface area contributed by atoms with E-state index in [0.29, 0.717) is 10.9 Å². The molecular weight excluding hydrogens is 266 g/mol. The third-order valence-corrected chi connectivity index (χ3v) is 3.46. The van der Waals surface area contributed by atoms with Crippen LogP contribution in [-0.2, 0) is 0 Å². The van der Waals surface area contributed by atoms with Gasteiger partial charge in [-0.05, 0) is 12.1 Å². The number of pyridine rings is 2. The van der Waals surface area contributed by atoms with Gasteiger partial charge in [-0.2, -0.15) is 4.57 Å². The topological polar surface area (TPSA) is 60.2 Å². The molecule has 0 unspecified atom stereocenters. The molecular formula is C16H16N3O2+. The molecule has 0 radical (unpaired) electrons. The van der Waals surface area contributed by atoms with Crippen LogP contribution in [0.1, 0.15) is 0 Å². The van der Waals surface area contributed by atoms with Crippen LogP contribution in [0.5, 0.6) is 5.75 Å². The van der Waals surface area contributed by atoms with Crippen LogP contribution in [0.25, 0.3) is 16.6 Å². The minimum Gasteiger partial charge on any atom is -0.502 e. The van der Waals surface area contributed by atoms with Crippen LogP contribution >= 0.6 is 0 Å². The molecule has 106 valence electrons. The van der Waals surface area contributed by atoms with Crippen molar-refractivity contribution in [2.75, 3.05) is 19.0 Å². The average Bonchev–Trinajstić information content (AvgIpc) is 2.48. The van der Waals surface area contributed by atoms with E-state index in [4.69, 9.17) is 0 Å². The van der Waals surface area contributed by atoms with E-state index < -0.39 is 0 Å². The highest BCUT2D eigenvalue weighted by Crippen LogP contribution is 2.24. The molecule has 0 aliphatic rings. The molecule has 0 aliphatic carbocycles. The Labute approximate surface area is 121 Å². The van der Waals surface area contributed by atoms with E-state index in [0.717, 1.165) is 5.69 Å². The second-order valence-corrected chi connectivity index (χ2v) is 5.05. The molecule has 0 fully saturated rings. The number of rotatable bonds is 2. The van der Waals surface area contributed by atoms with E-state index in [1.807, 2.05) is 43.3 Å². The summed E-state index contributed by atoms with van der Waals surface area (Å²) in [4.78, 5) is 17.0. The zero-order valence-corrected chi connectivity index (χ0v) is 11.9. The molecule has 21 heavy (non-hydrogen) atoms.